The normalized spacial score (nSPS) is 11.4. The van der Waals surface area contributed by atoms with Crippen molar-refractivity contribution in [3.05, 3.63) is 0 Å². The maximum Gasteiger partial charge on any atom is 0.219 e. The third-order valence-corrected chi connectivity index (χ3v) is 5.68. The summed E-state index contributed by atoms with van der Waals surface area (Å²) in [5, 5.41) is 20.9. The lowest BCUT2D eigenvalue weighted by Gasteiger charge is -2.19. The predicted octanol–water partition coefficient (Wildman–Crippen LogP) is 4.28. The number of carbonyl (C=O) groups excluding carboxylic acids is 1. The zero-order valence-corrected chi connectivity index (χ0v) is 20.4. The number of unbranched alkanes of at least 4 members (excludes halogenated alkanes) is 12. The summed E-state index contributed by atoms with van der Waals surface area (Å²) in [5.41, 5.74) is 0. The van der Waals surface area contributed by atoms with Crippen LogP contribution in [0.4, 0.5) is 0 Å². The topological polar surface area (TPSA) is 82.0 Å². The second kappa shape index (κ2) is 25.6. The molecule has 1 amide bonds. The molecule has 0 saturated carbocycles. The molecular formula is C25H52N2O4. The minimum atomic E-state index is 0.0962. The van der Waals surface area contributed by atoms with Crippen molar-refractivity contribution in [2.24, 2.45) is 0 Å². The van der Waals surface area contributed by atoms with Crippen LogP contribution in [-0.4, -0.2) is 73.6 Å². The van der Waals surface area contributed by atoms with E-state index in [4.69, 9.17) is 14.9 Å². The molecule has 0 spiro atoms. The Bertz CT molecular complexity index is 363. The molecule has 31 heavy (non-hydrogen) atoms. The van der Waals surface area contributed by atoms with E-state index in [1.807, 2.05) is 4.90 Å². The first kappa shape index (κ1) is 30.3. The van der Waals surface area contributed by atoms with Crippen LogP contribution in [0, 0.1) is 0 Å². The molecular weight excluding hydrogens is 392 g/mol. The lowest BCUT2D eigenvalue weighted by molar-refractivity contribution is -0.121. The molecule has 0 radical (unpaired) electrons. The molecule has 0 heterocycles. The van der Waals surface area contributed by atoms with Crippen LogP contribution in [0.2, 0.25) is 0 Å². The number of nitrogens with one attached hydrogen (secondary N) is 1. The highest BCUT2D eigenvalue weighted by molar-refractivity contribution is 5.75. The van der Waals surface area contributed by atoms with Crippen LogP contribution >= 0.6 is 0 Å². The van der Waals surface area contributed by atoms with Crippen molar-refractivity contribution in [2.75, 3.05) is 52.6 Å². The molecule has 0 aliphatic carbocycles. The second-order valence-corrected chi connectivity index (χ2v) is 8.60. The second-order valence-electron chi connectivity index (χ2n) is 8.60. The van der Waals surface area contributed by atoms with Crippen molar-refractivity contribution >= 4 is 5.91 Å². The van der Waals surface area contributed by atoms with Crippen LogP contribution < -0.4 is 5.32 Å². The van der Waals surface area contributed by atoms with Gasteiger partial charge in [0.1, 0.15) is 0 Å². The van der Waals surface area contributed by atoms with E-state index in [-0.39, 0.29) is 19.1 Å². The number of amides is 1. The average Bonchev–Trinajstić information content (AvgIpc) is 2.76. The van der Waals surface area contributed by atoms with E-state index in [1.54, 1.807) is 0 Å². The van der Waals surface area contributed by atoms with Crippen LogP contribution in [0.3, 0.4) is 0 Å². The molecule has 0 bridgehead atoms. The highest BCUT2D eigenvalue weighted by atomic mass is 16.5. The van der Waals surface area contributed by atoms with Gasteiger partial charge >= 0.3 is 0 Å². The molecule has 0 aromatic carbocycles. The van der Waals surface area contributed by atoms with Crippen LogP contribution in [0.5, 0.6) is 0 Å². The van der Waals surface area contributed by atoms with E-state index in [2.05, 4.69) is 12.2 Å². The Balaban J connectivity index is 3.28. The molecule has 3 N–H and O–H groups in total. The van der Waals surface area contributed by atoms with Gasteiger partial charge in [0.25, 0.3) is 0 Å². The fraction of sp³-hybridized carbons (Fsp3) is 0.960. The molecule has 0 aromatic rings. The Hall–Kier alpha value is -0.690. The number of aliphatic hydroxyl groups is 2. The SMILES string of the molecule is CCCCCCCCCCCCCCC(=O)NCCCCOCCN(CCO)CCO. The fourth-order valence-corrected chi connectivity index (χ4v) is 3.69. The number of hydrogen-bond acceptors (Lipinski definition) is 5. The molecule has 0 fully saturated rings. The minimum Gasteiger partial charge on any atom is -0.395 e. The van der Waals surface area contributed by atoms with Gasteiger partial charge in [0.05, 0.1) is 19.8 Å². The van der Waals surface area contributed by atoms with E-state index in [1.165, 1.54) is 70.6 Å². The Morgan fingerprint density at radius 2 is 1.26 bits per heavy atom. The van der Waals surface area contributed by atoms with Gasteiger partial charge < -0.3 is 20.3 Å². The summed E-state index contributed by atoms with van der Waals surface area (Å²) in [4.78, 5) is 13.9. The minimum absolute atomic E-state index is 0.0962. The molecule has 0 aliphatic rings. The molecule has 186 valence electrons. The highest BCUT2D eigenvalue weighted by Gasteiger charge is 2.03. The Kier molecular flexibility index (Phi) is 25.0. The van der Waals surface area contributed by atoms with Crippen molar-refractivity contribution < 1.29 is 19.7 Å². The molecule has 6 nitrogen and oxygen atoms in total. The van der Waals surface area contributed by atoms with Crippen LogP contribution in [0.15, 0.2) is 0 Å². The van der Waals surface area contributed by atoms with Crippen LogP contribution in [-0.2, 0) is 9.53 Å². The van der Waals surface area contributed by atoms with Crippen molar-refractivity contribution in [1.82, 2.24) is 10.2 Å². The maximum atomic E-state index is 11.9. The highest BCUT2D eigenvalue weighted by Crippen LogP contribution is 2.12. The number of hydrogen-bond donors (Lipinski definition) is 3. The van der Waals surface area contributed by atoms with E-state index < -0.39 is 0 Å². The van der Waals surface area contributed by atoms with Gasteiger partial charge in [-0.05, 0) is 19.3 Å². The van der Waals surface area contributed by atoms with E-state index in [9.17, 15) is 4.79 Å². The summed E-state index contributed by atoms with van der Waals surface area (Å²) in [6.07, 6.45) is 18.3. The standard InChI is InChI=1S/C25H52N2O4/c1-2-3-4-5-6-7-8-9-10-11-12-13-16-25(30)26-17-14-15-23-31-24-20-27(18-21-28)19-22-29/h28-29H,2-24H2,1H3,(H,26,30). The van der Waals surface area contributed by atoms with Crippen molar-refractivity contribution in [3.8, 4) is 0 Å². The van der Waals surface area contributed by atoms with E-state index in [0.29, 0.717) is 32.7 Å². The summed E-state index contributed by atoms with van der Waals surface area (Å²) >= 11 is 0. The van der Waals surface area contributed by atoms with Gasteiger partial charge in [0.2, 0.25) is 5.91 Å². The first-order valence-electron chi connectivity index (χ1n) is 13.0. The maximum absolute atomic E-state index is 11.9. The van der Waals surface area contributed by atoms with Gasteiger partial charge in [0, 0.05) is 39.2 Å². The van der Waals surface area contributed by atoms with E-state index in [0.717, 1.165) is 32.4 Å². The number of aliphatic hydroxyl groups excluding tert-OH is 2. The summed E-state index contributed by atoms with van der Waals surface area (Å²) < 4.78 is 5.59. The zero-order valence-electron chi connectivity index (χ0n) is 20.4. The molecule has 0 atom stereocenters. The Morgan fingerprint density at radius 1 is 0.710 bits per heavy atom. The predicted molar refractivity (Wildman–Crippen MR) is 129 cm³/mol. The third-order valence-electron chi connectivity index (χ3n) is 5.68. The van der Waals surface area contributed by atoms with Gasteiger partial charge in [-0.15, -0.1) is 0 Å². The summed E-state index contributed by atoms with van der Waals surface area (Å²) in [7, 11) is 0. The molecule has 6 heteroatoms. The Labute approximate surface area is 192 Å². The van der Waals surface area contributed by atoms with Crippen molar-refractivity contribution in [1.29, 1.82) is 0 Å². The van der Waals surface area contributed by atoms with Gasteiger partial charge in [0.15, 0.2) is 0 Å². The molecule has 0 saturated heterocycles. The number of nitrogens with zero attached hydrogens (tertiary/aromatic N) is 1. The molecule has 0 aliphatic heterocycles. The lowest BCUT2D eigenvalue weighted by atomic mass is 10.0. The quantitative estimate of drug-likeness (QED) is 0.183. The number of ether oxygens (including phenoxy) is 1. The summed E-state index contributed by atoms with van der Waals surface area (Å²) in [6.45, 7) is 6.31. The van der Waals surface area contributed by atoms with Gasteiger partial charge in [-0.2, -0.15) is 0 Å². The van der Waals surface area contributed by atoms with E-state index >= 15 is 0 Å². The third kappa shape index (κ3) is 23.8. The number of carbonyl (C=O) groups is 1. The van der Waals surface area contributed by atoms with Crippen LogP contribution in [0.25, 0.3) is 0 Å². The fourth-order valence-electron chi connectivity index (χ4n) is 3.69. The average molecular weight is 445 g/mol. The summed E-state index contributed by atoms with van der Waals surface area (Å²) in [5.74, 6) is 0.177. The van der Waals surface area contributed by atoms with Crippen molar-refractivity contribution in [2.45, 2.75) is 103 Å². The number of rotatable bonds is 25. The largest absolute Gasteiger partial charge is 0.395 e. The van der Waals surface area contributed by atoms with Gasteiger partial charge in [-0.25, -0.2) is 0 Å². The van der Waals surface area contributed by atoms with Gasteiger partial charge in [-0.3, -0.25) is 9.69 Å². The smallest absolute Gasteiger partial charge is 0.219 e. The van der Waals surface area contributed by atoms with Crippen molar-refractivity contribution in [3.63, 3.8) is 0 Å². The monoisotopic (exact) mass is 444 g/mol. The molecule has 0 aromatic heterocycles. The summed E-state index contributed by atoms with van der Waals surface area (Å²) in [6, 6.07) is 0. The molecule has 0 unspecified atom stereocenters. The first-order chi connectivity index (χ1) is 15.2. The molecule has 0 rings (SSSR count). The first-order valence-corrected chi connectivity index (χ1v) is 13.0. The lowest BCUT2D eigenvalue weighted by Crippen LogP contribution is -2.33. The van der Waals surface area contributed by atoms with Crippen LogP contribution in [0.1, 0.15) is 103 Å². The van der Waals surface area contributed by atoms with Gasteiger partial charge in [-0.1, -0.05) is 77.6 Å². The Morgan fingerprint density at radius 3 is 1.81 bits per heavy atom. The zero-order chi connectivity index (χ0) is 22.8.